The molecule has 170 valence electrons. The van der Waals surface area contributed by atoms with Gasteiger partial charge in [-0.1, -0.05) is 25.1 Å². The predicted octanol–water partition coefficient (Wildman–Crippen LogP) is 1.92. The lowest BCUT2D eigenvalue weighted by Crippen LogP contribution is -2.37. The quantitative estimate of drug-likeness (QED) is 0.586. The molecule has 3 rings (SSSR count). The Morgan fingerprint density at radius 1 is 1.22 bits per heavy atom. The topological polar surface area (TPSA) is 137 Å². The number of alkyl halides is 1. The second kappa shape index (κ2) is 10.1. The largest absolute Gasteiger partial charge is 0.481 e. The lowest BCUT2D eigenvalue weighted by molar-refractivity contribution is -0.159. The van der Waals surface area contributed by atoms with Gasteiger partial charge in [-0.3, -0.25) is 19.0 Å². The number of carboxylic acid groups (broad SMARTS) is 1. The minimum atomic E-state index is -1.72. The molecular formula is C21H22FN3O7. The molecule has 2 N–H and O–H groups in total. The highest BCUT2D eigenvalue weighted by Gasteiger charge is 2.48. The number of nitrogens with zero attached hydrogens (tertiary/aromatic N) is 2. The molecule has 10 nitrogen and oxygen atoms in total. The molecule has 32 heavy (non-hydrogen) atoms. The van der Waals surface area contributed by atoms with Crippen molar-refractivity contribution in [1.82, 2.24) is 9.55 Å². The number of anilines is 1. The third-order valence-corrected chi connectivity index (χ3v) is 4.86. The molecule has 11 heteroatoms. The maximum atomic E-state index is 14.8. The first-order valence-corrected chi connectivity index (χ1v) is 9.96. The van der Waals surface area contributed by atoms with Crippen LogP contribution in [0, 0.1) is 0 Å². The summed E-state index contributed by atoms with van der Waals surface area (Å²) in [6.45, 7) is 1.67. The first kappa shape index (κ1) is 23.1. The van der Waals surface area contributed by atoms with Gasteiger partial charge >= 0.3 is 17.6 Å². The lowest BCUT2D eigenvalue weighted by Gasteiger charge is -2.21. The molecule has 1 aliphatic rings. The van der Waals surface area contributed by atoms with Gasteiger partial charge in [-0.15, -0.1) is 0 Å². The molecule has 1 fully saturated rings. The zero-order chi connectivity index (χ0) is 23.3. The van der Waals surface area contributed by atoms with E-state index in [9.17, 15) is 23.6 Å². The molecule has 0 radical (unpaired) electrons. The summed E-state index contributed by atoms with van der Waals surface area (Å²) in [6.07, 6.45) is -4.79. The molecule has 0 saturated carbocycles. The standard InChI is InChI=1S/C21H22FN3O7/c1-2-13-17(22)18(32-16(28)9-8-15(26)27)20(31-13)25-11-10-14(24-21(25)30)23-19(29)12-6-4-3-5-7-12/h3-7,10-11,13,17-18,20H,2,8-9H2,1H3,(H,26,27)(H,23,24,29,30)/t13-,17?,18+,20-/m1/s1. The Kier molecular flexibility index (Phi) is 7.31. The van der Waals surface area contributed by atoms with Crippen molar-refractivity contribution in [3.8, 4) is 0 Å². The Morgan fingerprint density at radius 3 is 2.56 bits per heavy atom. The number of hydrogen-bond donors (Lipinski definition) is 2. The molecule has 2 aromatic rings. The highest BCUT2D eigenvalue weighted by atomic mass is 19.1. The summed E-state index contributed by atoms with van der Waals surface area (Å²) < 4.78 is 26.5. The number of aliphatic carboxylic acids is 1. The Bertz CT molecular complexity index is 1040. The Balaban J connectivity index is 1.78. The second-order valence-corrected chi connectivity index (χ2v) is 7.09. The van der Waals surface area contributed by atoms with E-state index in [2.05, 4.69) is 10.3 Å². The molecule has 4 atom stereocenters. The van der Waals surface area contributed by atoms with Gasteiger partial charge in [0.25, 0.3) is 5.91 Å². The Hall–Kier alpha value is -3.60. The van der Waals surface area contributed by atoms with Gasteiger partial charge in [0.05, 0.1) is 18.9 Å². The lowest BCUT2D eigenvalue weighted by atomic mass is 10.1. The van der Waals surface area contributed by atoms with Gasteiger partial charge in [0.15, 0.2) is 18.5 Å². The van der Waals surface area contributed by atoms with E-state index in [1.807, 2.05) is 0 Å². The number of hydrogen-bond acceptors (Lipinski definition) is 7. The summed E-state index contributed by atoms with van der Waals surface area (Å²) in [5.74, 6) is -2.60. The maximum Gasteiger partial charge on any atom is 0.351 e. The number of halogens is 1. The highest BCUT2D eigenvalue weighted by Crippen LogP contribution is 2.34. The molecule has 0 spiro atoms. The highest BCUT2D eigenvalue weighted by molar-refractivity contribution is 6.03. The van der Waals surface area contributed by atoms with Gasteiger partial charge in [-0.25, -0.2) is 9.18 Å². The van der Waals surface area contributed by atoms with E-state index < -0.39 is 61.0 Å². The summed E-state index contributed by atoms with van der Waals surface area (Å²) in [5, 5.41) is 11.2. The number of carbonyl (C=O) groups is 3. The number of aromatic nitrogens is 2. The first-order valence-electron chi connectivity index (χ1n) is 9.96. The molecule has 2 heterocycles. The fourth-order valence-electron chi connectivity index (χ4n) is 3.24. The number of ether oxygens (including phenoxy) is 2. The zero-order valence-electron chi connectivity index (χ0n) is 17.1. The molecule has 1 amide bonds. The Morgan fingerprint density at radius 2 is 1.94 bits per heavy atom. The van der Waals surface area contributed by atoms with Crippen molar-refractivity contribution in [3.63, 3.8) is 0 Å². The van der Waals surface area contributed by atoms with Crippen molar-refractivity contribution in [1.29, 1.82) is 0 Å². The summed E-state index contributed by atoms with van der Waals surface area (Å²) in [7, 11) is 0. The molecule has 1 aromatic heterocycles. The monoisotopic (exact) mass is 447 g/mol. The van der Waals surface area contributed by atoms with Crippen molar-refractivity contribution in [2.75, 3.05) is 5.32 Å². The fraction of sp³-hybridized carbons (Fsp3) is 0.381. The molecule has 1 aliphatic heterocycles. The molecule has 1 unspecified atom stereocenters. The average molecular weight is 447 g/mol. The fourth-order valence-corrected chi connectivity index (χ4v) is 3.24. The van der Waals surface area contributed by atoms with Gasteiger partial charge in [0, 0.05) is 11.8 Å². The van der Waals surface area contributed by atoms with Crippen molar-refractivity contribution >= 4 is 23.7 Å². The van der Waals surface area contributed by atoms with E-state index in [4.69, 9.17) is 14.6 Å². The van der Waals surface area contributed by atoms with E-state index in [0.29, 0.717) is 5.56 Å². The number of esters is 1. The van der Waals surface area contributed by atoms with Crippen molar-refractivity contribution in [2.45, 2.75) is 50.8 Å². The molecular weight excluding hydrogens is 425 g/mol. The molecule has 1 aromatic carbocycles. The summed E-state index contributed by atoms with van der Waals surface area (Å²) in [4.78, 5) is 51.2. The minimum Gasteiger partial charge on any atom is -0.481 e. The zero-order valence-corrected chi connectivity index (χ0v) is 17.1. The number of amides is 1. The number of rotatable bonds is 8. The van der Waals surface area contributed by atoms with Crippen molar-refractivity contribution in [3.05, 3.63) is 58.6 Å². The van der Waals surface area contributed by atoms with Crippen LogP contribution in [0.1, 0.15) is 42.8 Å². The SMILES string of the molecule is CC[C@H]1O[C@@H](n2ccc(NC(=O)c3ccccc3)nc2=O)[C@@H](OC(=O)CCC(=O)O)C1F. The van der Waals surface area contributed by atoms with Crippen molar-refractivity contribution < 1.29 is 33.4 Å². The average Bonchev–Trinajstić information content (AvgIpc) is 3.08. The third kappa shape index (κ3) is 5.35. The van der Waals surface area contributed by atoms with Crippen LogP contribution >= 0.6 is 0 Å². The predicted molar refractivity (Wildman–Crippen MR) is 109 cm³/mol. The van der Waals surface area contributed by atoms with E-state index >= 15 is 0 Å². The number of carboxylic acids is 1. The normalized spacial score (nSPS) is 22.3. The van der Waals surface area contributed by atoms with E-state index in [1.54, 1.807) is 37.3 Å². The van der Waals surface area contributed by atoms with Crippen LogP contribution in [0.3, 0.4) is 0 Å². The van der Waals surface area contributed by atoms with Gasteiger partial charge in [-0.2, -0.15) is 4.98 Å². The molecule has 0 bridgehead atoms. The minimum absolute atomic E-state index is 0.0167. The van der Waals surface area contributed by atoms with E-state index in [-0.39, 0.29) is 12.2 Å². The van der Waals surface area contributed by atoms with Gasteiger partial charge in [-0.05, 0) is 24.6 Å². The van der Waals surface area contributed by atoms with Crippen LogP contribution in [0.2, 0.25) is 0 Å². The number of benzene rings is 1. The van der Waals surface area contributed by atoms with Crippen LogP contribution < -0.4 is 11.0 Å². The van der Waals surface area contributed by atoms with Crippen LogP contribution in [0.4, 0.5) is 10.2 Å². The summed E-state index contributed by atoms with van der Waals surface area (Å²) >= 11 is 0. The van der Waals surface area contributed by atoms with Crippen LogP contribution in [0.5, 0.6) is 0 Å². The number of nitrogens with one attached hydrogen (secondary N) is 1. The van der Waals surface area contributed by atoms with Crippen LogP contribution in [0.25, 0.3) is 0 Å². The van der Waals surface area contributed by atoms with Crippen LogP contribution in [-0.4, -0.2) is 50.9 Å². The van der Waals surface area contributed by atoms with E-state index in [0.717, 1.165) is 4.57 Å². The van der Waals surface area contributed by atoms with Gasteiger partial charge < -0.3 is 19.9 Å². The summed E-state index contributed by atoms with van der Waals surface area (Å²) in [6, 6.07) is 9.66. The third-order valence-electron chi connectivity index (χ3n) is 4.86. The van der Waals surface area contributed by atoms with E-state index in [1.165, 1.54) is 12.3 Å². The van der Waals surface area contributed by atoms with Crippen LogP contribution in [-0.2, 0) is 19.1 Å². The summed E-state index contributed by atoms with van der Waals surface area (Å²) in [5.41, 5.74) is -0.478. The molecule has 0 aliphatic carbocycles. The molecule has 1 saturated heterocycles. The smallest absolute Gasteiger partial charge is 0.351 e. The maximum absolute atomic E-state index is 14.8. The first-order chi connectivity index (χ1) is 15.3. The Labute approximate surface area is 182 Å². The van der Waals surface area contributed by atoms with Gasteiger partial charge in [0.1, 0.15) is 5.82 Å². The van der Waals surface area contributed by atoms with Gasteiger partial charge in [0.2, 0.25) is 0 Å². The van der Waals surface area contributed by atoms with Crippen molar-refractivity contribution in [2.24, 2.45) is 0 Å². The second-order valence-electron chi connectivity index (χ2n) is 7.09. The van der Waals surface area contributed by atoms with Crippen LogP contribution in [0.15, 0.2) is 47.4 Å². The number of carbonyl (C=O) groups excluding carboxylic acids is 2.